The molecule has 0 spiro atoms. The Morgan fingerprint density at radius 2 is 1.69 bits per heavy atom. The van der Waals surface area contributed by atoms with E-state index in [2.05, 4.69) is 70.4 Å². The molecule has 2 heterocycles. The lowest BCUT2D eigenvalue weighted by molar-refractivity contribution is -0.125. The maximum atomic E-state index is 12.6. The molecular weight excluding hydrogens is 398 g/mol. The zero-order valence-electron chi connectivity index (χ0n) is 20.0. The number of amides is 1. The van der Waals surface area contributed by atoms with Crippen molar-refractivity contribution in [2.75, 3.05) is 44.2 Å². The summed E-state index contributed by atoms with van der Waals surface area (Å²) < 4.78 is 0. The van der Waals surface area contributed by atoms with E-state index in [0.29, 0.717) is 0 Å². The molecule has 1 saturated heterocycles. The van der Waals surface area contributed by atoms with Crippen LogP contribution in [0.3, 0.4) is 0 Å². The van der Waals surface area contributed by atoms with Crippen molar-refractivity contribution in [2.24, 2.45) is 5.92 Å². The number of carbonyl (C=O) groups is 1. The number of piperidine rings is 1. The molecule has 32 heavy (non-hydrogen) atoms. The molecule has 1 fully saturated rings. The van der Waals surface area contributed by atoms with Gasteiger partial charge in [0.1, 0.15) is 0 Å². The Balaban J connectivity index is 1.40. The monoisotopic (exact) mass is 437 g/mol. The Kier molecular flexibility index (Phi) is 9.47. The SMILES string of the molecule is CCCN(CCC)CCCNC(=O)C1CCN(c2ccc(-c3ccc(C)cc3)nn2)CC1. The van der Waals surface area contributed by atoms with Gasteiger partial charge in [0.2, 0.25) is 5.91 Å². The molecule has 0 radical (unpaired) electrons. The summed E-state index contributed by atoms with van der Waals surface area (Å²) in [6.07, 6.45) is 5.12. The van der Waals surface area contributed by atoms with Crippen LogP contribution in [-0.2, 0) is 4.79 Å². The van der Waals surface area contributed by atoms with Gasteiger partial charge in [-0.25, -0.2) is 0 Å². The third kappa shape index (κ3) is 7.02. The lowest BCUT2D eigenvalue weighted by Crippen LogP contribution is -2.41. The Morgan fingerprint density at radius 3 is 2.28 bits per heavy atom. The summed E-state index contributed by atoms with van der Waals surface area (Å²) in [4.78, 5) is 17.3. The summed E-state index contributed by atoms with van der Waals surface area (Å²) >= 11 is 0. The van der Waals surface area contributed by atoms with Crippen molar-refractivity contribution < 1.29 is 4.79 Å². The molecule has 3 rings (SSSR count). The predicted molar refractivity (Wildman–Crippen MR) is 132 cm³/mol. The van der Waals surface area contributed by atoms with Gasteiger partial charge in [0, 0.05) is 31.1 Å². The van der Waals surface area contributed by atoms with Gasteiger partial charge in [0.05, 0.1) is 5.69 Å². The highest BCUT2D eigenvalue weighted by molar-refractivity contribution is 5.78. The molecule has 0 bridgehead atoms. The van der Waals surface area contributed by atoms with Crippen LogP contribution in [0.5, 0.6) is 0 Å². The van der Waals surface area contributed by atoms with Crippen LogP contribution in [0.25, 0.3) is 11.3 Å². The fourth-order valence-corrected chi connectivity index (χ4v) is 4.37. The Bertz CT molecular complexity index is 807. The number of anilines is 1. The molecule has 0 unspecified atom stereocenters. The van der Waals surface area contributed by atoms with Crippen LogP contribution in [-0.4, -0.2) is 60.3 Å². The van der Waals surface area contributed by atoms with Crippen molar-refractivity contribution in [3.05, 3.63) is 42.0 Å². The maximum absolute atomic E-state index is 12.6. The zero-order chi connectivity index (χ0) is 22.8. The quantitative estimate of drug-likeness (QED) is 0.531. The summed E-state index contributed by atoms with van der Waals surface area (Å²) in [5.41, 5.74) is 3.21. The first kappa shape index (κ1) is 24.2. The van der Waals surface area contributed by atoms with Crippen LogP contribution >= 0.6 is 0 Å². The first-order chi connectivity index (χ1) is 15.6. The molecule has 0 aliphatic carbocycles. The van der Waals surface area contributed by atoms with Gasteiger partial charge in [-0.15, -0.1) is 10.2 Å². The van der Waals surface area contributed by atoms with E-state index >= 15 is 0 Å². The molecule has 6 nitrogen and oxygen atoms in total. The topological polar surface area (TPSA) is 61.4 Å². The van der Waals surface area contributed by atoms with E-state index in [9.17, 15) is 4.79 Å². The molecule has 0 atom stereocenters. The normalized spacial score (nSPS) is 14.7. The van der Waals surface area contributed by atoms with Crippen molar-refractivity contribution >= 4 is 11.7 Å². The van der Waals surface area contributed by atoms with E-state index < -0.39 is 0 Å². The minimum atomic E-state index is 0.105. The average molecular weight is 438 g/mol. The van der Waals surface area contributed by atoms with Crippen molar-refractivity contribution in [3.8, 4) is 11.3 Å². The number of nitrogens with one attached hydrogen (secondary N) is 1. The van der Waals surface area contributed by atoms with Crippen molar-refractivity contribution in [1.82, 2.24) is 20.4 Å². The van der Waals surface area contributed by atoms with E-state index in [-0.39, 0.29) is 11.8 Å². The van der Waals surface area contributed by atoms with E-state index in [0.717, 1.165) is 75.6 Å². The van der Waals surface area contributed by atoms with Crippen molar-refractivity contribution in [3.63, 3.8) is 0 Å². The number of aryl methyl sites for hydroxylation is 1. The highest BCUT2D eigenvalue weighted by Gasteiger charge is 2.25. The van der Waals surface area contributed by atoms with Gasteiger partial charge in [0.15, 0.2) is 5.82 Å². The standard InChI is InChI=1S/C26H39N5O/c1-4-16-30(17-5-2)18-6-15-27-26(32)23-13-19-31(20-14-23)25-12-11-24(28-29-25)22-9-7-21(3)8-10-22/h7-12,23H,4-6,13-20H2,1-3H3,(H,27,32). The van der Waals surface area contributed by atoms with Crippen molar-refractivity contribution in [1.29, 1.82) is 0 Å². The van der Waals surface area contributed by atoms with E-state index in [1.54, 1.807) is 0 Å². The Labute approximate surface area is 193 Å². The second-order valence-electron chi connectivity index (χ2n) is 8.89. The zero-order valence-corrected chi connectivity index (χ0v) is 20.0. The molecule has 6 heteroatoms. The summed E-state index contributed by atoms with van der Waals surface area (Å²) in [5.74, 6) is 1.21. The molecule has 1 aromatic carbocycles. The number of aromatic nitrogens is 2. The first-order valence-corrected chi connectivity index (χ1v) is 12.3. The molecule has 174 valence electrons. The highest BCUT2D eigenvalue weighted by Crippen LogP contribution is 2.23. The fraction of sp³-hybridized carbons (Fsp3) is 0.577. The number of benzene rings is 1. The third-order valence-corrected chi connectivity index (χ3v) is 6.22. The van der Waals surface area contributed by atoms with E-state index in [1.165, 1.54) is 18.4 Å². The number of rotatable bonds is 11. The van der Waals surface area contributed by atoms with Gasteiger partial charge >= 0.3 is 0 Å². The van der Waals surface area contributed by atoms with Crippen LogP contribution in [0.4, 0.5) is 5.82 Å². The molecule has 1 aromatic heterocycles. The molecule has 0 saturated carbocycles. The second-order valence-corrected chi connectivity index (χ2v) is 8.89. The number of carbonyl (C=O) groups excluding carboxylic acids is 1. The van der Waals surface area contributed by atoms with Crippen LogP contribution < -0.4 is 10.2 Å². The van der Waals surface area contributed by atoms with Gasteiger partial charge in [0.25, 0.3) is 0 Å². The molecule has 1 amide bonds. The minimum Gasteiger partial charge on any atom is -0.356 e. The first-order valence-electron chi connectivity index (χ1n) is 12.3. The number of nitrogens with zero attached hydrogens (tertiary/aromatic N) is 4. The number of hydrogen-bond acceptors (Lipinski definition) is 5. The smallest absolute Gasteiger partial charge is 0.223 e. The second kappa shape index (κ2) is 12.5. The molecule has 2 aromatic rings. The summed E-state index contributed by atoms with van der Waals surface area (Å²) in [7, 11) is 0. The van der Waals surface area contributed by atoms with Crippen LogP contribution in [0.1, 0.15) is 51.5 Å². The molecular formula is C26H39N5O. The fourth-order valence-electron chi connectivity index (χ4n) is 4.37. The van der Waals surface area contributed by atoms with E-state index in [1.807, 2.05) is 12.1 Å². The largest absolute Gasteiger partial charge is 0.356 e. The highest BCUT2D eigenvalue weighted by atomic mass is 16.1. The van der Waals surface area contributed by atoms with Gasteiger partial charge in [-0.05, 0) is 70.8 Å². The van der Waals surface area contributed by atoms with Crippen molar-refractivity contribution in [2.45, 2.75) is 52.9 Å². The molecule has 1 aliphatic heterocycles. The molecule has 1 aliphatic rings. The minimum absolute atomic E-state index is 0.105. The van der Waals surface area contributed by atoms with Crippen LogP contribution in [0, 0.1) is 12.8 Å². The van der Waals surface area contributed by atoms with Crippen LogP contribution in [0.15, 0.2) is 36.4 Å². The number of hydrogen-bond donors (Lipinski definition) is 1. The van der Waals surface area contributed by atoms with E-state index in [4.69, 9.17) is 0 Å². The predicted octanol–water partition coefficient (Wildman–Crippen LogP) is 4.30. The summed E-state index contributed by atoms with van der Waals surface area (Å²) in [6, 6.07) is 12.4. The lowest BCUT2D eigenvalue weighted by atomic mass is 9.96. The van der Waals surface area contributed by atoms with Gasteiger partial charge < -0.3 is 15.1 Å². The van der Waals surface area contributed by atoms with Gasteiger partial charge in [-0.3, -0.25) is 4.79 Å². The van der Waals surface area contributed by atoms with Crippen LogP contribution in [0.2, 0.25) is 0 Å². The Hall–Kier alpha value is -2.47. The Morgan fingerprint density at radius 1 is 1.00 bits per heavy atom. The van der Waals surface area contributed by atoms with Gasteiger partial charge in [-0.2, -0.15) is 0 Å². The molecule has 1 N–H and O–H groups in total. The summed E-state index contributed by atoms with van der Waals surface area (Å²) in [6.45, 7) is 12.4. The summed E-state index contributed by atoms with van der Waals surface area (Å²) in [5, 5.41) is 12.0. The third-order valence-electron chi connectivity index (χ3n) is 6.22. The average Bonchev–Trinajstić information content (AvgIpc) is 2.83. The van der Waals surface area contributed by atoms with Gasteiger partial charge in [-0.1, -0.05) is 43.7 Å². The lowest BCUT2D eigenvalue weighted by Gasteiger charge is -2.32. The maximum Gasteiger partial charge on any atom is 0.223 e.